The molecule has 18 aromatic carbocycles. The number of hydrogen-bond donors (Lipinski definition) is 0. The molecule has 0 aliphatic carbocycles. The van der Waals surface area contributed by atoms with Crippen LogP contribution in [-0.4, -0.2) is 9.13 Å². The van der Waals surface area contributed by atoms with Gasteiger partial charge in [0.15, 0.2) is 0 Å². The van der Waals surface area contributed by atoms with Crippen LogP contribution >= 0.6 is 0 Å². The number of anilines is 12. The Labute approximate surface area is 640 Å². The molecule has 0 fully saturated rings. The highest BCUT2D eigenvalue weighted by molar-refractivity contribution is 6.34. The standard InChI is InChI=1S/C104H76N6/c1-69-55-59-79(60-56-69)105(75-35-9-5-10-36-75)93-65-97-101(87-49-23-19-45-83(87)93)102-88-50-24-20-46-84(88)94(66-98(102)108(97)77-39-13-7-14-40-77)106(80-61-57-70(2)58-62-80)81-43-29-33-73(63-81)74-34-30-44-82(64-74)110(92-54-28-18-32-72(92)4)96-68-100-104(90-52-26-22-48-86(90)96)103-89-51-25-21-47-85(89)95(67-99(103)109(100)78-41-15-8-16-42-78)107(76-37-11-6-12-38-76)91-53-27-17-31-71(91)3/h5-68H,1-4H3. The Hall–Kier alpha value is -14.2. The average molecular weight is 1410 g/mol. The number of nitrogens with zero attached hydrogens (tertiary/aromatic N) is 6. The molecule has 0 radical (unpaired) electrons. The third-order valence-electron chi connectivity index (χ3n) is 22.3. The van der Waals surface area contributed by atoms with Crippen molar-refractivity contribution in [2.75, 3.05) is 19.6 Å². The zero-order valence-electron chi connectivity index (χ0n) is 61.6. The lowest BCUT2D eigenvalue weighted by molar-refractivity contribution is 1.17. The van der Waals surface area contributed by atoms with Gasteiger partial charge in [0.25, 0.3) is 0 Å². The molecule has 0 aliphatic rings. The second kappa shape index (κ2) is 27.0. The van der Waals surface area contributed by atoms with E-state index in [1.807, 2.05) is 0 Å². The van der Waals surface area contributed by atoms with Gasteiger partial charge in [0.1, 0.15) is 0 Å². The molecule has 0 spiro atoms. The fraction of sp³-hybridized carbons (Fsp3) is 0.0385. The molecule has 2 heterocycles. The third kappa shape index (κ3) is 10.9. The Morgan fingerprint density at radius 3 is 0.791 bits per heavy atom. The highest BCUT2D eigenvalue weighted by atomic mass is 15.2. The Morgan fingerprint density at radius 2 is 0.436 bits per heavy atom. The number of fused-ring (bicyclic) bond motifs is 14. The fourth-order valence-corrected chi connectivity index (χ4v) is 17.3. The molecule has 0 atom stereocenters. The van der Waals surface area contributed by atoms with E-state index >= 15 is 0 Å². The zero-order valence-corrected chi connectivity index (χ0v) is 61.6. The molecular formula is C104H76N6. The maximum Gasteiger partial charge on any atom is 0.0568 e. The summed E-state index contributed by atoms with van der Waals surface area (Å²) in [5.41, 5.74) is 26.6. The Kier molecular flexibility index (Phi) is 16.0. The molecule has 522 valence electrons. The lowest BCUT2D eigenvalue weighted by atomic mass is 9.96. The van der Waals surface area contributed by atoms with Gasteiger partial charge in [-0.1, -0.05) is 266 Å². The first kappa shape index (κ1) is 65.3. The van der Waals surface area contributed by atoms with Crippen molar-refractivity contribution in [2.24, 2.45) is 0 Å². The molecule has 0 amide bonds. The van der Waals surface area contributed by atoms with Gasteiger partial charge in [0.05, 0.1) is 44.8 Å². The van der Waals surface area contributed by atoms with Gasteiger partial charge in [0, 0.05) is 100.0 Å². The summed E-state index contributed by atoms with van der Waals surface area (Å²) >= 11 is 0. The topological polar surface area (TPSA) is 22.8 Å². The van der Waals surface area contributed by atoms with Crippen molar-refractivity contribution < 1.29 is 0 Å². The summed E-state index contributed by atoms with van der Waals surface area (Å²) in [4.78, 5) is 9.88. The van der Waals surface area contributed by atoms with Crippen molar-refractivity contribution in [2.45, 2.75) is 27.7 Å². The average Bonchev–Trinajstić information content (AvgIpc) is 1.54. The zero-order chi connectivity index (χ0) is 73.5. The summed E-state index contributed by atoms with van der Waals surface area (Å²) in [6, 6.07) is 143. The van der Waals surface area contributed by atoms with Crippen molar-refractivity contribution >= 4 is 155 Å². The van der Waals surface area contributed by atoms with Gasteiger partial charge >= 0.3 is 0 Å². The summed E-state index contributed by atoms with van der Waals surface area (Å²) in [6.07, 6.45) is 0. The SMILES string of the molecule is Cc1ccc(N(c2ccccc2)c2cc3c(c4ccccc24)c2c4ccccc4c(N(c4ccc(C)cc4)c4cccc(-c5cccc(N(c6ccccc6C)c6cc7c(c8ccccc68)c6c8ccccc8c(N(c8ccccc8)c8ccccc8C)cc6n7-c6ccccc6)c5)c4)cc2n3-c2ccccc2)cc1. The Morgan fingerprint density at radius 1 is 0.182 bits per heavy atom. The Bertz CT molecular complexity index is 6940. The summed E-state index contributed by atoms with van der Waals surface area (Å²) < 4.78 is 5.03. The maximum absolute atomic E-state index is 2.52. The van der Waals surface area contributed by atoms with Crippen LogP contribution in [-0.2, 0) is 0 Å². The lowest BCUT2D eigenvalue weighted by Gasteiger charge is -2.29. The van der Waals surface area contributed by atoms with Crippen molar-refractivity contribution in [1.29, 1.82) is 0 Å². The van der Waals surface area contributed by atoms with E-state index in [4.69, 9.17) is 0 Å². The van der Waals surface area contributed by atoms with E-state index in [9.17, 15) is 0 Å². The van der Waals surface area contributed by atoms with E-state index in [1.165, 1.54) is 70.6 Å². The molecule has 0 saturated carbocycles. The van der Waals surface area contributed by atoms with Gasteiger partial charge in [-0.2, -0.15) is 0 Å². The van der Waals surface area contributed by atoms with E-state index in [0.717, 1.165) is 129 Å². The highest BCUT2D eigenvalue weighted by Crippen LogP contribution is 2.54. The number of aryl methyl sites for hydroxylation is 4. The predicted octanol–water partition coefficient (Wildman–Crippen LogP) is 29.3. The fourth-order valence-electron chi connectivity index (χ4n) is 17.3. The third-order valence-corrected chi connectivity index (χ3v) is 22.3. The van der Waals surface area contributed by atoms with E-state index in [-0.39, 0.29) is 0 Å². The van der Waals surface area contributed by atoms with Crippen LogP contribution in [0.5, 0.6) is 0 Å². The van der Waals surface area contributed by atoms with Crippen LogP contribution in [0.2, 0.25) is 0 Å². The first-order valence-electron chi connectivity index (χ1n) is 38.0. The van der Waals surface area contributed by atoms with E-state index < -0.39 is 0 Å². The number of aromatic nitrogens is 2. The molecular weight excluding hydrogens is 1330 g/mol. The normalized spacial score (nSPS) is 11.6. The predicted molar refractivity (Wildman–Crippen MR) is 468 cm³/mol. The molecule has 6 nitrogen and oxygen atoms in total. The summed E-state index contributed by atoms with van der Waals surface area (Å²) in [5, 5.41) is 14.2. The monoisotopic (exact) mass is 1410 g/mol. The number of hydrogen-bond acceptors (Lipinski definition) is 4. The van der Waals surface area contributed by atoms with E-state index in [1.54, 1.807) is 0 Å². The smallest absolute Gasteiger partial charge is 0.0568 e. The second-order valence-electron chi connectivity index (χ2n) is 29.0. The van der Waals surface area contributed by atoms with Crippen LogP contribution in [0.3, 0.4) is 0 Å². The molecule has 20 aromatic rings. The minimum Gasteiger partial charge on any atom is -0.310 e. The van der Waals surface area contributed by atoms with Gasteiger partial charge in [-0.25, -0.2) is 0 Å². The highest BCUT2D eigenvalue weighted by Gasteiger charge is 2.30. The minimum absolute atomic E-state index is 1.04. The molecule has 110 heavy (non-hydrogen) atoms. The second-order valence-corrected chi connectivity index (χ2v) is 29.0. The van der Waals surface area contributed by atoms with Crippen molar-refractivity contribution in [1.82, 2.24) is 9.13 Å². The van der Waals surface area contributed by atoms with Crippen molar-refractivity contribution in [3.05, 3.63) is 411 Å². The molecule has 20 rings (SSSR count). The van der Waals surface area contributed by atoms with Gasteiger partial charge in [0.2, 0.25) is 0 Å². The molecule has 0 saturated heterocycles. The van der Waals surface area contributed by atoms with Crippen molar-refractivity contribution in [3.63, 3.8) is 0 Å². The molecule has 2 aromatic heterocycles. The molecule has 0 unspecified atom stereocenters. The van der Waals surface area contributed by atoms with E-state index in [0.29, 0.717) is 0 Å². The van der Waals surface area contributed by atoms with Crippen LogP contribution in [0.15, 0.2) is 388 Å². The van der Waals surface area contributed by atoms with Gasteiger partial charge in [-0.05, 0) is 205 Å². The van der Waals surface area contributed by atoms with Crippen LogP contribution < -0.4 is 19.6 Å². The van der Waals surface area contributed by atoms with Gasteiger partial charge < -0.3 is 28.7 Å². The molecule has 0 bridgehead atoms. The van der Waals surface area contributed by atoms with Crippen LogP contribution in [0.4, 0.5) is 68.2 Å². The van der Waals surface area contributed by atoms with E-state index in [2.05, 4.69) is 445 Å². The van der Waals surface area contributed by atoms with Gasteiger partial charge in [-0.15, -0.1) is 0 Å². The van der Waals surface area contributed by atoms with Crippen LogP contribution in [0, 0.1) is 27.7 Å². The quantitative estimate of drug-likeness (QED) is 0.102. The van der Waals surface area contributed by atoms with Crippen molar-refractivity contribution in [3.8, 4) is 22.5 Å². The van der Waals surface area contributed by atoms with Crippen LogP contribution in [0.1, 0.15) is 22.3 Å². The minimum atomic E-state index is 1.04. The summed E-state index contributed by atoms with van der Waals surface area (Å²) in [6.45, 7) is 8.78. The first-order chi connectivity index (χ1) is 54.3. The number of benzene rings is 18. The molecule has 6 heteroatoms. The van der Waals surface area contributed by atoms with Gasteiger partial charge in [-0.3, -0.25) is 0 Å². The molecule has 0 N–H and O–H groups in total. The Balaban J connectivity index is 0.791. The largest absolute Gasteiger partial charge is 0.310 e. The number of rotatable bonds is 15. The molecule has 0 aliphatic heterocycles. The first-order valence-corrected chi connectivity index (χ1v) is 38.0. The summed E-state index contributed by atoms with van der Waals surface area (Å²) in [5.74, 6) is 0. The summed E-state index contributed by atoms with van der Waals surface area (Å²) in [7, 11) is 0. The maximum atomic E-state index is 2.52. The lowest BCUT2D eigenvalue weighted by Crippen LogP contribution is -2.12. The van der Waals surface area contributed by atoms with Crippen LogP contribution in [0.25, 0.3) is 109 Å². The number of para-hydroxylation sites is 6.